The first kappa shape index (κ1) is 15.1. The van der Waals surface area contributed by atoms with Gasteiger partial charge in [-0.05, 0) is 42.0 Å². The highest BCUT2D eigenvalue weighted by atomic mass is 35.5. The molecular weight excluding hydrogens is 337 g/mol. The van der Waals surface area contributed by atoms with Crippen LogP contribution in [0.25, 0.3) is 10.4 Å². The Balaban J connectivity index is 1.81. The van der Waals surface area contributed by atoms with Gasteiger partial charge in [0.1, 0.15) is 0 Å². The summed E-state index contributed by atoms with van der Waals surface area (Å²) in [6, 6.07) is 18.5. The maximum Gasteiger partial charge on any atom is 0.265 e. The minimum Gasteiger partial charge on any atom is -0.321 e. The maximum atomic E-state index is 12.2. The molecule has 3 aromatic rings. The van der Waals surface area contributed by atoms with Gasteiger partial charge in [-0.3, -0.25) is 4.79 Å². The van der Waals surface area contributed by atoms with Gasteiger partial charge in [-0.2, -0.15) is 0 Å². The molecule has 1 heterocycles. The van der Waals surface area contributed by atoms with Crippen LogP contribution in [0, 0.1) is 0 Å². The minimum atomic E-state index is -0.123. The van der Waals surface area contributed by atoms with E-state index in [1.807, 2.05) is 42.5 Å². The van der Waals surface area contributed by atoms with Crippen molar-refractivity contribution in [2.24, 2.45) is 0 Å². The Morgan fingerprint density at radius 3 is 2.41 bits per heavy atom. The van der Waals surface area contributed by atoms with E-state index in [4.69, 9.17) is 23.2 Å². The number of amides is 1. The van der Waals surface area contributed by atoms with Crippen molar-refractivity contribution in [1.29, 1.82) is 0 Å². The molecule has 0 aliphatic carbocycles. The molecule has 0 unspecified atom stereocenters. The van der Waals surface area contributed by atoms with Gasteiger partial charge in [0.2, 0.25) is 0 Å². The van der Waals surface area contributed by atoms with Gasteiger partial charge in [-0.25, -0.2) is 0 Å². The molecule has 0 spiro atoms. The number of carbonyl (C=O) groups excluding carboxylic acids is 1. The Labute approximate surface area is 142 Å². The predicted octanol–water partition coefficient (Wildman–Crippen LogP) is 5.97. The van der Waals surface area contributed by atoms with Crippen molar-refractivity contribution < 1.29 is 4.79 Å². The van der Waals surface area contributed by atoms with Crippen molar-refractivity contribution in [2.45, 2.75) is 0 Å². The molecule has 3 rings (SSSR count). The Kier molecular flexibility index (Phi) is 4.48. The lowest BCUT2D eigenvalue weighted by atomic mass is 10.2. The lowest BCUT2D eigenvalue weighted by Crippen LogP contribution is -2.09. The highest BCUT2D eigenvalue weighted by Gasteiger charge is 2.11. The van der Waals surface area contributed by atoms with E-state index < -0.39 is 0 Å². The van der Waals surface area contributed by atoms with Crippen LogP contribution >= 0.6 is 34.5 Å². The van der Waals surface area contributed by atoms with Gasteiger partial charge in [0.05, 0.1) is 14.9 Å². The lowest BCUT2D eigenvalue weighted by molar-refractivity contribution is 0.103. The summed E-state index contributed by atoms with van der Waals surface area (Å²) in [4.78, 5) is 13.8. The predicted molar refractivity (Wildman–Crippen MR) is 94.2 cm³/mol. The van der Waals surface area contributed by atoms with E-state index in [9.17, 15) is 4.79 Å². The third-order valence-corrected chi connectivity index (χ3v) is 4.94. The summed E-state index contributed by atoms with van der Waals surface area (Å²) in [7, 11) is 0. The van der Waals surface area contributed by atoms with Crippen LogP contribution in [0.2, 0.25) is 10.0 Å². The Hall–Kier alpha value is -1.81. The zero-order chi connectivity index (χ0) is 15.5. The Bertz CT molecular complexity index is 815. The average Bonchev–Trinajstić information content (AvgIpc) is 3.01. The molecule has 0 bridgehead atoms. The number of rotatable bonds is 3. The van der Waals surface area contributed by atoms with Crippen LogP contribution in [0.3, 0.4) is 0 Å². The molecule has 1 amide bonds. The van der Waals surface area contributed by atoms with E-state index in [1.165, 1.54) is 11.3 Å². The molecule has 0 aliphatic heterocycles. The van der Waals surface area contributed by atoms with Gasteiger partial charge >= 0.3 is 0 Å². The first-order valence-corrected chi connectivity index (χ1v) is 8.12. The average molecular weight is 348 g/mol. The standard InChI is InChI=1S/C17H11Cl2NOS/c18-13-7-6-11(10-14(13)19)15-8-9-16(22-15)17(21)20-12-4-2-1-3-5-12/h1-10H,(H,20,21). The molecule has 0 saturated heterocycles. The normalized spacial score (nSPS) is 10.5. The van der Waals surface area contributed by atoms with Crippen LogP contribution in [0.5, 0.6) is 0 Å². The van der Waals surface area contributed by atoms with Crippen molar-refractivity contribution >= 4 is 46.1 Å². The van der Waals surface area contributed by atoms with Crippen molar-refractivity contribution in [3.8, 4) is 10.4 Å². The third kappa shape index (κ3) is 3.33. The summed E-state index contributed by atoms with van der Waals surface area (Å²) in [5.74, 6) is -0.123. The topological polar surface area (TPSA) is 29.1 Å². The number of benzene rings is 2. The number of thiophene rings is 1. The monoisotopic (exact) mass is 347 g/mol. The number of carbonyl (C=O) groups is 1. The highest BCUT2D eigenvalue weighted by Crippen LogP contribution is 2.33. The van der Waals surface area contributed by atoms with Crippen molar-refractivity contribution in [2.75, 3.05) is 5.32 Å². The lowest BCUT2D eigenvalue weighted by Gasteiger charge is -2.02. The van der Waals surface area contributed by atoms with Gasteiger partial charge in [0.25, 0.3) is 5.91 Å². The minimum absolute atomic E-state index is 0.123. The molecule has 2 aromatic carbocycles. The zero-order valence-electron chi connectivity index (χ0n) is 11.3. The summed E-state index contributed by atoms with van der Waals surface area (Å²) in [6.07, 6.45) is 0. The SMILES string of the molecule is O=C(Nc1ccccc1)c1ccc(-c2ccc(Cl)c(Cl)c2)s1. The number of para-hydroxylation sites is 1. The summed E-state index contributed by atoms with van der Waals surface area (Å²) in [5.41, 5.74) is 1.72. The fraction of sp³-hybridized carbons (Fsp3) is 0. The molecule has 0 radical (unpaired) electrons. The number of anilines is 1. The fourth-order valence-corrected chi connectivity index (χ4v) is 3.17. The van der Waals surface area contributed by atoms with E-state index in [0.29, 0.717) is 14.9 Å². The van der Waals surface area contributed by atoms with Crippen molar-refractivity contribution in [1.82, 2.24) is 0 Å². The Morgan fingerprint density at radius 1 is 0.909 bits per heavy atom. The summed E-state index contributed by atoms with van der Waals surface area (Å²) in [6.45, 7) is 0. The second kappa shape index (κ2) is 6.53. The summed E-state index contributed by atoms with van der Waals surface area (Å²) in [5, 5.41) is 3.89. The second-order valence-corrected chi connectivity index (χ2v) is 6.51. The summed E-state index contributed by atoms with van der Waals surface area (Å²) < 4.78 is 0. The van der Waals surface area contributed by atoms with E-state index in [1.54, 1.807) is 18.2 Å². The second-order valence-electron chi connectivity index (χ2n) is 4.61. The van der Waals surface area contributed by atoms with Crippen LogP contribution in [0.15, 0.2) is 60.7 Å². The smallest absolute Gasteiger partial charge is 0.265 e. The van der Waals surface area contributed by atoms with Gasteiger partial charge < -0.3 is 5.32 Å². The number of hydrogen-bond acceptors (Lipinski definition) is 2. The molecule has 1 aromatic heterocycles. The number of hydrogen-bond donors (Lipinski definition) is 1. The maximum absolute atomic E-state index is 12.2. The van der Waals surface area contributed by atoms with Gasteiger partial charge in [0, 0.05) is 10.6 Å². The molecule has 22 heavy (non-hydrogen) atoms. The molecule has 0 atom stereocenters. The molecule has 1 N–H and O–H groups in total. The van der Waals surface area contributed by atoms with Crippen molar-refractivity contribution in [3.05, 3.63) is 75.6 Å². The van der Waals surface area contributed by atoms with Crippen LogP contribution in [-0.2, 0) is 0 Å². The first-order valence-electron chi connectivity index (χ1n) is 6.55. The van der Waals surface area contributed by atoms with Crippen LogP contribution in [0.4, 0.5) is 5.69 Å². The first-order chi connectivity index (χ1) is 10.6. The highest BCUT2D eigenvalue weighted by molar-refractivity contribution is 7.17. The molecule has 0 saturated carbocycles. The molecule has 0 fully saturated rings. The fourth-order valence-electron chi connectivity index (χ4n) is 1.98. The Morgan fingerprint density at radius 2 is 1.68 bits per heavy atom. The molecule has 5 heteroatoms. The number of nitrogens with one attached hydrogen (secondary N) is 1. The van der Waals surface area contributed by atoms with E-state index in [2.05, 4.69) is 5.32 Å². The van der Waals surface area contributed by atoms with Crippen molar-refractivity contribution in [3.63, 3.8) is 0 Å². The summed E-state index contributed by atoms with van der Waals surface area (Å²) >= 11 is 13.4. The van der Waals surface area contributed by atoms with Gasteiger partial charge in [-0.1, -0.05) is 47.5 Å². The van der Waals surface area contributed by atoms with Crippen LogP contribution < -0.4 is 5.32 Å². The van der Waals surface area contributed by atoms with Gasteiger partial charge in [-0.15, -0.1) is 11.3 Å². The molecule has 110 valence electrons. The van der Waals surface area contributed by atoms with Crippen LogP contribution in [-0.4, -0.2) is 5.91 Å². The third-order valence-electron chi connectivity index (χ3n) is 3.07. The number of halogens is 2. The van der Waals surface area contributed by atoms with E-state index in [0.717, 1.165) is 16.1 Å². The van der Waals surface area contributed by atoms with Gasteiger partial charge in [0.15, 0.2) is 0 Å². The molecule has 0 aliphatic rings. The quantitative estimate of drug-likeness (QED) is 0.620. The van der Waals surface area contributed by atoms with Crippen LogP contribution in [0.1, 0.15) is 9.67 Å². The van der Waals surface area contributed by atoms with E-state index >= 15 is 0 Å². The van der Waals surface area contributed by atoms with E-state index in [-0.39, 0.29) is 5.91 Å². The molecular formula is C17H11Cl2NOS. The zero-order valence-corrected chi connectivity index (χ0v) is 13.7. The largest absolute Gasteiger partial charge is 0.321 e. The molecule has 2 nitrogen and oxygen atoms in total.